The molecule has 0 aliphatic rings. The monoisotopic (exact) mass is 459 g/mol. The van der Waals surface area contributed by atoms with Crippen molar-refractivity contribution in [1.82, 2.24) is 28.7 Å². The average molecular weight is 460 g/mol. The van der Waals surface area contributed by atoms with Crippen LogP contribution in [0.3, 0.4) is 0 Å². The van der Waals surface area contributed by atoms with Gasteiger partial charge in [-0.1, -0.05) is 17.7 Å². The SMILES string of the molecule is Cn1c(C(C#N)c2ccncc2)nc2c1c(=O)n(Cc1cc3c(Cl)cccc3[nH]1)c(=O)n2C. The van der Waals surface area contributed by atoms with Gasteiger partial charge in [-0.05, 0) is 35.9 Å². The lowest BCUT2D eigenvalue weighted by Gasteiger charge is -2.09. The van der Waals surface area contributed by atoms with Gasteiger partial charge in [0.1, 0.15) is 11.7 Å². The largest absolute Gasteiger partial charge is 0.357 e. The molecule has 0 spiro atoms. The molecular formula is C23H18ClN7O2. The van der Waals surface area contributed by atoms with Crippen molar-refractivity contribution >= 4 is 33.7 Å². The van der Waals surface area contributed by atoms with Crippen molar-refractivity contribution in [1.29, 1.82) is 5.26 Å². The van der Waals surface area contributed by atoms with Crippen LogP contribution in [-0.2, 0) is 20.6 Å². The highest BCUT2D eigenvalue weighted by Gasteiger charge is 2.25. The van der Waals surface area contributed by atoms with Crippen LogP contribution in [0, 0.1) is 11.3 Å². The van der Waals surface area contributed by atoms with Crippen molar-refractivity contribution in [2.24, 2.45) is 14.1 Å². The predicted molar refractivity (Wildman–Crippen MR) is 124 cm³/mol. The molecule has 0 aliphatic carbocycles. The molecule has 1 N–H and O–H groups in total. The Hall–Kier alpha value is -4.16. The van der Waals surface area contributed by atoms with Crippen LogP contribution >= 0.6 is 11.6 Å². The summed E-state index contributed by atoms with van der Waals surface area (Å²) in [6.45, 7) is 0.0407. The van der Waals surface area contributed by atoms with Crippen molar-refractivity contribution in [3.63, 3.8) is 0 Å². The Balaban J connectivity index is 1.68. The van der Waals surface area contributed by atoms with E-state index in [0.717, 1.165) is 15.5 Å². The van der Waals surface area contributed by atoms with Gasteiger partial charge in [0.05, 0.1) is 12.6 Å². The van der Waals surface area contributed by atoms with E-state index in [4.69, 9.17) is 11.6 Å². The molecule has 0 saturated carbocycles. The molecule has 10 heteroatoms. The third kappa shape index (κ3) is 3.23. The molecular weight excluding hydrogens is 442 g/mol. The Kier molecular flexibility index (Phi) is 4.87. The van der Waals surface area contributed by atoms with Gasteiger partial charge in [0.15, 0.2) is 11.2 Å². The lowest BCUT2D eigenvalue weighted by molar-refractivity contribution is 0.648. The number of hydrogen-bond acceptors (Lipinski definition) is 5. The minimum absolute atomic E-state index is 0.0407. The summed E-state index contributed by atoms with van der Waals surface area (Å²) in [5.74, 6) is -0.342. The number of nitriles is 1. The number of halogens is 1. The molecule has 1 unspecified atom stereocenters. The van der Waals surface area contributed by atoms with Gasteiger partial charge in [0.2, 0.25) is 0 Å². The van der Waals surface area contributed by atoms with Crippen molar-refractivity contribution < 1.29 is 0 Å². The predicted octanol–water partition coefficient (Wildman–Crippen LogP) is 2.67. The fraction of sp³-hybridized carbons (Fsp3) is 0.174. The molecule has 0 saturated heterocycles. The summed E-state index contributed by atoms with van der Waals surface area (Å²) in [4.78, 5) is 38.2. The minimum atomic E-state index is -0.718. The van der Waals surface area contributed by atoms with E-state index in [1.54, 1.807) is 49.3 Å². The number of hydrogen-bond donors (Lipinski definition) is 1. The molecule has 0 bridgehead atoms. The van der Waals surface area contributed by atoms with E-state index in [9.17, 15) is 14.9 Å². The van der Waals surface area contributed by atoms with Gasteiger partial charge in [-0.3, -0.25) is 18.9 Å². The first-order valence-corrected chi connectivity index (χ1v) is 10.5. The normalized spacial score (nSPS) is 12.3. The molecule has 4 heterocycles. The van der Waals surface area contributed by atoms with Crippen molar-refractivity contribution in [3.8, 4) is 6.07 Å². The van der Waals surface area contributed by atoms with Gasteiger partial charge >= 0.3 is 5.69 Å². The van der Waals surface area contributed by atoms with E-state index >= 15 is 0 Å². The highest BCUT2D eigenvalue weighted by Crippen LogP contribution is 2.25. The molecule has 0 aliphatic heterocycles. The maximum atomic E-state index is 13.4. The number of H-pyrrole nitrogens is 1. The first-order chi connectivity index (χ1) is 15.9. The second-order valence-electron chi connectivity index (χ2n) is 7.77. The summed E-state index contributed by atoms with van der Waals surface area (Å²) in [6, 6.07) is 13.0. The van der Waals surface area contributed by atoms with Crippen LogP contribution < -0.4 is 11.2 Å². The highest BCUT2D eigenvalue weighted by atomic mass is 35.5. The summed E-state index contributed by atoms with van der Waals surface area (Å²) in [6.07, 6.45) is 3.19. The number of aryl methyl sites for hydroxylation is 2. The number of fused-ring (bicyclic) bond motifs is 2. The first-order valence-electron chi connectivity index (χ1n) is 10.1. The number of rotatable bonds is 4. The molecule has 1 aromatic carbocycles. The Morgan fingerprint density at radius 3 is 2.61 bits per heavy atom. The van der Waals surface area contributed by atoms with Crippen molar-refractivity contribution in [2.45, 2.75) is 12.5 Å². The number of benzene rings is 1. The van der Waals surface area contributed by atoms with Crippen LogP contribution in [0.25, 0.3) is 22.1 Å². The third-order valence-electron chi connectivity index (χ3n) is 5.82. The van der Waals surface area contributed by atoms with Crippen LogP contribution in [0.15, 0.2) is 58.4 Å². The van der Waals surface area contributed by atoms with Gasteiger partial charge in [0.25, 0.3) is 5.56 Å². The number of imidazole rings is 1. The second kappa shape index (κ2) is 7.76. The first kappa shape index (κ1) is 20.7. The lowest BCUT2D eigenvalue weighted by atomic mass is 10.0. The van der Waals surface area contributed by atoms with E-state index in [0.29, 0.717) is 22.1 Å². The average Bonchev–Trinajstić information content (AvgIpc) is 3.39. The van der Waals surface area contributed by atoms with E-state index in [1.807, 2.05) is 18.2 Å². The molecule has 5 aromatic rings. The molecule has 1 atom stereocenters. The summed E-state index contributed by atoms with van der Waals surface area (Å²) in [7, 11) is 3.24. The summed E-state index contributed by atoms with van der Waals surface area (Å²) in [5, 5.41) is 11.2. The van der Waals surface area contributed by atoms with Gasteiger partial charge in [0, 0.05) is 48.1 Å². The quantitative estimate of drug-likeness (QED) is 0.443. The smallest absolute Gasteiger partial charge is 0.332 e. The molecule has 0 fully saturated rings. The fourth-order valence-electron chi connectivity index (χ4n) is 4.13. The highest BCUT2D eigenvalue weighted by molar-refractivity contribution is 6.35. The van der Waals surface area contributed by atoms with E-state index in [1.165, 1.54) is 4.57 Å². The summed E-state index contributed by atoms with van der Waals surface area (Å²) < 4.78 is 4.07. The van der Waals surface area contributed by atoms with Gasteiger partial charge in [-0.2, -0.15) is 5.26 Å². The standard InChI is InChI=1S/C23H18ClN7O2/c1-29-19-21(28-20(29)16(11-25)13-6-8-26-9-7-13)30(2)23(33)31(22(19)32)12-14-10-15-17(24)4-3-5-18(15)27-14/h3-10,16,27H,12H2,1-2H3. The van der Waals surface area contributed by atoms with E-state index in [-0.39, 0.29) is 17.7 Å². The fourth-order valence-corrected chi connectivity index (χ4v) is 4.36. The molecule has 0 amide bonds. The zero-order valence-electron chi connectivity index (χ0n) is 17.8. The third-order valence-corrected chi connectivity index (χ3v) is 6.15. The molecule has 164 valence electrons. The Morgan fingerprint density at radius 2 is 1.91 bits per heavy atom. The molecule has 9 nitrogen and oxygen atoms in total. The summed E-state index contributed by atoms with van der Waals surface area (Å²) >= 11 is 6.26. The number of nitrogens with one attached hydrogen (secondary N) is 1. The van der Waals surface area contributed by atoms with E-state index in [2.05, 4.69) is 21.0 Å². The lowest BCUT2D eigenvalue weighted by Crippen LogP contribution is -2.39. The number of pyridine rings is 1. The van der Waals surface area contributed by atoms with Crippen LogP contribution in [-0.4, -0.2) is 28.7 Å². The number of nitrogens with zero attached hydrogens (tertiary/aromatic N) is 6. The molecule has 0 radical (unpaired) electrons. The number of aromatic amines is 1. The maximum absolute atomic E-state index is 13.4. The van der Waals surface area contributed by atoms with E-state index < -0.39 is 17.2 Å². The summed E-state index contributed by atoms with van der Waals surface area (Å²) in [5.41, 5.74) is 1.69. The van der Waals surface area contributed by atoms with Gasteiger partial charge in [-0.15, -0.1) is 0 Å². The second-order valence-corrected chi connectivity index (χ2v) is 8.18. The molecule has 4 aromatic heterocycles. The Labute approximate surface area is 192 Å². The molecule has 33 heavy (non-hydrogen) atoms. The van der Waals surface area contributed by atoms with Crippen LogP contribution in [0.1, 0.15) is 23.0 Å². The van der Waals surface area contributed by atoms with Gasteiger partial charge < -0.3 is 9.55 Å². The van der Waals surface area contributed by atoms with Crippen molar-refractivity contribution in [2.75, 3.05) is 0 Å². The molecule has 5 rings (SSSR count). The maximum Gasteiger partial charge on any atom is 0.332 e. The Bertz CT molecular complexity index is 1690. The van der Waals surface area contributed by atoms with Crippen LogP contribution in [0.2, 0.25) is 5.02 Å². The zero-order valence-corrected chi connectivity index (χ0v) is 18.5. The topological polar surface area (TPSA) is 114 Å². The van der Waals surface area contributed by atoms with Crippen LogP contribution in [0.5, 0.6) is 0 Å². The Morgan fingerprint density at radius 1 is 1.15 bits per heavy atom. The van der Waals surface area contributed by atoms with Crippen molar-refractivity contribution in [3.05, 3.63) is 91.7 Å². The minimum Gasteiger partial charge on any atom is -0.357 e. The number of aromatic nitrogens is 6. The zero-order chi connectivity index (χ0) is 23.3. The van der Waals surface area contributed by atoms with Crippen LogP contribution in [0.4, 0.5) is 0 Å². The van der Waals surface area contributed by atoms with Gasteiger partial charge in [-0.25, -0.2) is 9.78 Å².